The Hall–Kier alpha value is -2.24. The zero-order valence-electron chi connectivity index (χ0n) is 11.4. The van der Waals surface area contributed by atoms with Crippen LogP contribution in [0, 0.1) is 11.6 Å². The van der Waals surface area contributed by atoms with Crippen LogP contribution in [-0.2, 0) is 0 Å². The molecule has 3 aromatic rings. The predicted octanol–water partition coefficient (Wildman–Crippen LogP) is 4.59. The Bertz CT molecular complexity index is 999. The molecule has 1 aromatic heterocycles. The van der Waals surface area contributed by atoms with Gasteiger partial charge in [0.15, 0.2) is 17.5 Å². The molecule has 0 atom stereocenters. The first-order valence-electron chi connectivity index (χ1n) is 6.47. The molecular weight excluding hydrogens is 345 g/mol. The number of rotatable bonds is 2. The first-order chi connectivity index (χ1) is 11.0. The monoisotopic (exact) mass is 352 g/mol. The molecule has 0 saturated carbocycles. The Morgan fingerprint density at radius 3 is 2.78 bits per heavy atom. The fourth-order valence-electron chi connectivity index (χ4n) is 2.06. The van der Waals surface area contributed by atoms with E-state index in [0.717, 1.165) is 6.07 Å². The van der Waals surface area contributed by atoms with Gasteiger partial charge in [0.05, 0.1) is 15.9 Å². The van der Waals surface area contributed by atoms with E-state index in [2.05, 4.69) is 9.97 Å². The van der Waals surface area contributed by atoms with Gasteiger partial charge in [0, 0.05) is 10.6 Å². The molecule has 3 nitrogen and oxygen atoms in total. The summed E-state index contributed by atoms with van der Waals surface area (Å²) in [6.45, 7) is 0. The van der Waals surface area contributed by atoms with Crippen LogP contribution < -0.4 is 5.56 Å². The first kappa shape index (κ1) is 15.6. The van der Waals surface area contributed by atoms with Crippen LogP contribution in [0.3, 0.4) is 0 Å². The van der Waals surface area contributed by atoms with Crippen molar-refractivity contribution in [2.45, 2.75) is 0 Å². The summed E-state index contributed by atoms with van der Waals surface area (Å²) in [6.07, 6.45) is 1.19. The summed E-state index contributed by atoms with van der Waals surface area (Å²) in [5.74, 6) is -1.96. The fourth-order valence-corrected chi connectivity index (χ4v) is 2.44. The van der Waals surface area contributed by atoms with E-state index >= 15 is 0 Å². The lowest BCUT2D eigenvalue weighted by atomic mass is 10.2. The number of benzene rings is 2. The molecule has 0 radical (unpaired) electrons. The van der Waals surface area contributed by atoms with Gasteiger partial charge in [-0.15, -0.1) is 0 Å². The van der Waals surface area contributed by atoms with Gasteiger partial charge in [-0.1, -0.05) is 35.3 Å². The zero-order valence-corrected chi connectivity index (χ0v) is 12.9. The van der Waals surface area contributed by atoms with E-state index in [0.29, 0.717) is 15.9 Å². The van der Waals surface area contributed by atoms with Crippen molar-refractivity contribution in [1.82, 2.24) is 9.97 Å². The Morgan fingerprint density at radius 1 is 1.22 bits per heavy atom. The quantitative estimate of drug-likeness (QED) is 0.732. The lowest BCUT2D eigenvalue weighted by Gasteiger charge is -2.03. The third-order valence-electron chi connectivity index (χ3n) is 3.16. The lowest BCUT2D eigenvalue weighted by Crippen LogP contribution is -2.10. The number of halogens is 4. The summed E-state index contributed by atoms with van der Waals surface area (Å²) >= 11 is 11.9. The van der Waals surface area contributed by atoms with Crippen LogP contribution in [0.4, 0.5) is 8.78 Å². The maximum Gasteiger partial charge on any atom is 0.259 e. The van der Waals surface area contributed by atoms with E-state index in [4.69, 9.17) is 23.2 Å². The number of aromatic amines is 1. The Morgan fingerprint density at radius 2 is 2.00 bits per heavy atom. The van der Waals surface area contributed by atoms with Crippen LogP contribution in [-0.4, -0.2) is 9.97 Å². The standard InChI is InChI=1S/C16H8Cl2F2N2O/c17-9-4-5-13-10(7-9)16(23)22-15(21-13)11(18)6-8-2-1-3-12(19)14(8)20/h1-7H,(H,21,22,23)/b11-6+. The van der Waals surface area contributed by atoms with E-state index in [1.165, 1.54) is 24.3 Å². The summed E-state index contributed by atoms with van der Waals surface area (Å²) in [5, 5.41) is 0.687. The van der Waals surface area contributed by atoms with E-state index in [9.17, 15) is 13.6 Å². The second-order valence-electron chi connectivity index (χ2n) is 4.71. The topological polar surface area (TPSA) is 45.8 Å². The van der Waals surface area contributed by atoms with Gasteiger partial charge < -0.3 is 4.98 Å². The number of nitrogens with zero attached hydrogens (tertiary/aromatic N) is 1. The van der Waals surface area contributed by atoms with Gasteiger partial charge in [0.1, 0.15) is 0 Å². The molecule has 1 N–H and O–H groups in total. The molecule has 0 saturated heterocycles. The summed E-state index contributed by atoms with van der Waals surface area (Å²) in [6, 6.07) is 8.36. The molecule has 0 fully saturated rings. The van der Waals surface area contributed by atoms with Crippen LogP contribution in [0.25, 0.3) is 22.0 Å². The molecule has 0 aliphatic heterocycles. The minimum absolute atomic E-state index is 0.0246. The van der Waals surface area contributed by atoms with Crippen LogP contribution in [0.15, 0.2) is 41.2 Å². The molecule has 0 aliphatic rings. The van der Waals surface area contributed by atoms with Crippen LogP contribution >= 0.6 is 23.2 Å². The normalized spacial score (nSPS) is 11.9. The van der Waals surface area contributed by atoms with E-state index in [1.54, 1.807) is 12.1 Å². The summed E-state index contributed by atoms with van der Waals surface area (Å²) < 4.78 is 26.9. The summed E-state index contributed by atoms with van der Waals surface area (Å²) in [5.41, 5.74) is -0.0907. The number of hydrogen-bond acceptors (Lipinski definition) is 2. The molecule has 0 spiro atoms. The van der Waals surface area contributed by atoms with Gasteiger partial charge in [-0.2, -0.15) is 0 Å². The van der Waals surface area contributed by atoms with Gasteiger partial charge >= 0.3 is 0 Å². The zero-order chi connectivity index (χ0) is 16.6. The molecule has 3 rings (SSSR count). The molecule has 0 amide bonds. The maximum atomic E-state index is 13.7. The molecule has 0 bridgehead atoms. The SMILES string of the molecule is O=c1[nH]c(/C(Cl)=C\c2cccc(F)c2F)nc2ccc(Cl)cc12. The van der Waals surface area contributed by atoms with Gasteiger partial charge in [0.2, 0.25) is 0 Å². The molecule has 0 aliphatic carbocycles. The molecular formula is C16H8Cl2F2N2O. The van der Waals surface area contributed by atoms with Crippen molar-refractivity contribution < 1.29 is 8.78 Å². The molecule has 116 valence electrons. The number of hydrogen-bond donors (Lipinski definition) is 1. The average Bonchev–Trinajstić information content (AvgIpc) is 2.52. The van der Waals surface area contributed by atoms with Gasteiger partial charge in [-0.25, -0.2) is 13.8 Å². The van der Waals surface area contributed by atoms with Crippen molar-refractivity contribution in [2.24, 2.45) is 0 Å². The van der Waals surface area contributed by atoms with Gasteiger partial charge in [-0.3, -0.25) is 4.79 Å². The van der Waals surface area contributed by atoms with Crippen molar-refractivity contribution in [2.75, 3.05) is 0 Å². The average molecular weight is 353 g/mol. The Kier molecular flexibility index (Phi) is 4.15. The largest absolute Gasteiger partial charge is 0.305 e. The van der Waals surface area contributed by atoms with Crippen molar-refractivity contribution in [3.05, 3.63) is 74.8 Å². The fraction of sp³-hybridized carbons (Fsp3) is 0. The minimum atomic E-state index is -1.03. The highest BCUT2D eigenvalue weighted by atomic mass is 35.5. The third-order valence-corrected chi connectivity index (χ3v) is 3.68. The smallest absolute Gasteiger partial charge is 0.259 e. The molecule has 7 heteroatoms. The van der Waals surface area contributed by atoms with Gasteiger partial charge in [-0.05, 0) is 30.3 Å². The number of nitrogens with one attached hydrogen (secondary N) is 1. The third kappa shape index (κ3) is 3.11. The summed E-state index contributed by atoms with van der Waals surface area (Å²) in [4.78, 5) is 18.7. The highest BCUT2D eigenvalue weighted by Gasteiger charge is 2.10. The second kappa shape index (κ2) is 6.10. The minimum Gasteiger partial charge on any atom is -0.305 e. The van der Waals surface area contributed by atoms with Crippen LogP contribution in [0.5, 0.6) is 0 Å². The Balaban J connectivity index is 2.12. The van der Waals surface area contributed by atoms with Crippen LogP contribution in [0.1, 0.15) is 11.4 Å². The summed E-state index contributed by atoms with van der Waals surface area (Å²) in [7, 11) is 0. The van der Waals surface area contributed by atoms with Crippen molar-refractivity contribution in [1.29, 1.82) is 0 Å². The highest BCUT2D eigenvalue weighted by Crippen LogP contribution is 2.23. The second-order valence-corrected chi connectivity index (χ2v) is 5.55. The first-order valence-corrected chi connectivity index (χ1v) is 7.22. The van der Waals surface area contributed by atoms with Gasteiger partial charge in [0.25, 0.3) is 5.56 Å². The predicted molar refractivity (Wildman–Crippen MR) is 87.5 cm³/mol. The van der Waals surface area contributed by atoms with E-state index < -0.39 is 17.2 Å². The lowest BCUT2D eigenvalue weighted by molar-refractivity contribution is 0.507. The number of H-pyrrole nitrogens is 1. The molecule has 1 heterocycles. The van der Waals surface area contributed by atoms with Crippen molar-refractivity contribution in [3.8, 4) is 0 Å². The van der Waals surface area contributed by atoms with Crippen molar-refractivity contribution >= 4 is 45.2 Å². The molecule has 23 heavy (non-hydrogen) atoms. The highest BCUT2D eigenvalue weighted by molar-refractivity contribution is 6.50. The molecule has 2 aromatic carbocycles. The van der Waals surface area contributed by atoms with Crippen molar-refractivity contribution in [3.63, 3.8) is 0 Å². The van der Waals surface area contributed by atoms with E-state index in [1.807, 2.05) is 0 Å². The number of aromatic nitrogens is 2. The maximum absolute atomic E-state index is 13.7. The Labute approximate surface area is 139 Å². The van der Waals surface area contributed by atoms with E-state index in [-0.39, 0.29) is 16.4 Å². The van der Waals surface area contributed by atoms with Crippen LogP contribution in [0.2, 0.25) is 5.02 Å². The molecule has 0 unspecified atom stereocenters. The number of fused-ring (bicyclic) bond motifs is 1.